The van der Waals surface area contributed by atoms with Crippen molar-refractivity contribution in [3.05, 3.63) is 231 Å². The summed E-state index contributed by atoms with van der Waals surface area (Å²) in [6, 6.07) is 79.1. The second-order valence-corrected chi connectivity index (χ2v) is 15.9. The maximum Gasteiger partial charge on any atom is 0.143 e. The van der Waals surface area contributed by atoms with Crippen LogP contribution in [0.4, 0.5) is 17.1 Å². The highest BCUT2D eigenvalue weighted by molar-refractivity contribution is 6.10. The van der Waals surface area contributed by atoms with Crippen molar-refractivity contribution in [2.75, 3.05) is 4.90 Å². The topological polar surface area (TPSA) is 42.4 Å². The van der Waals surface area contributed by atoms with Crippen molar-refractivity contribution in [1.29, 1.82) is 0 Å². The molecule has 3 aromatic heterocycles. The lowest BCUT2D eigenvalue weighted by atomic mass is 9.94. The molecular weight excluding hydrogens is 769 g/mol. The van der Waals surface area contributed by atoms with Gasteiger partial charge in [0.05, 0.1) is 5.69 Å². The molecule has 0 unspecified atom stereocenters. The Balaban J connectivity index is 0.951. The van der Waals surface area contributed by atoms with Crippen LogP contribution in [0.1, 0.15) is 0 Å². The van der Waals surface area contributed by atoms with Crippen molar-refractivity contribution in [1.82, 2.24) is 4.98 Å². The lowest BCUT2D eigenvalue weighted by Gasteiger charge is -2.26. The molecule has 0 bridgehead atoms. The monoisotopic (exact) mass is 806 g/mol. The molecule has 4 heteroatoms. The minimum atomic E-state index is 0.894. The number of hydrogen-bond donors (Lipinski definition) is 0. The summed E-state index contributed by atoms with van der Waals surface area (Å²) in [5, 5.41) is 4.49. The van der Waals surface area contributed by atoms with Gasteiger partial charge in [-0.25, -0.2) is 0 Å². The number of aromatic nitrogens is 1. The predicted octanol–water partition coefficient (Wildman–Crippen LogP) is 16.7. The van der Waals surface area contributed by atoms with Gasteiger partial charge in [-0.2, -0.15) is 0 Å². The lowest BCUT2D eigenvalue weighted by Crippen LogP contribution is -2.09. The molecular formula is C59H38N2O2. The quantitative estimate of drug-likeness (QED) is 0.153. The zero-order valence-electron chi connectivity index (χ0n) is 34.2. The largest absolute Gasteiger partial charge is 0.455 e. The van der Waals surface area contributed by atoms with E-state index in [1.807, 2.05) is 42.6 Å². The average molecular weight is 807 g/mol. The standard InChI is InChI=1S/C59H38N2O2/c1-2-12-39(13-3-1)43-36-44(38-45(37-43)55-20-8-9-35-60-55)40-23-29-46(30-24-40)61(47-31-25-41(26-32-47)49-16-10-18-53-51-14-4-6-21-56(51)62-58(49)53)48-33-27-42(28-34-48)50-17-11-19-54-52-15-5-7-22-57(52)63-59(50)54/h1-38H. The van der Waals surface area contributed by atoms with Gasteiger partial charge in [-0.15, -0.1) is 0 Å². The van der Waals surface area contributed by atoms with Gasteiger partial charge in [0.15, 0.2) is 0 Å². The van der Waals surface area contributed by atoms with E-state index in [0.717, 1.165) is 111 Å². The fraction of sp³-hybridized carbons (Fsp3) is 0. The van der Waals surface area contributed by atoms with E-state index in [9.17, 15) is 0 Å². The molecule has 12 rings (SSSR count). The molecule has 0 aliphatic heterocycles. The molecule has 63 heavy (non-hydrogen) atoms. The van der Waals surface area contributed by atoms with Crippen molar-refractivity contribution in [2.24, 2.45) is 0 Å². The summed E-state index contributed by atoms with van der Waals surface area (Å²) in [7, 11) is 0. The molecule has 0 fully saturated rings. The zero-order valence-corrected chi connectivity index (χ0v) is 34.2. The first-order chi connectivity index (χ1) is 31.2. The van der Waals surface area contributed by atoms with Crippen LogP contribution in [0, 0.1) is 0 Å². The van der Waals surface area contributed by atoms with Gasteiger partial charge in [-0.3, -0.25) is 4.98 Å². The molecule has 9 aromatic carbocycles. The second kappa shape index (κ2) is 15.2. The normalized spacial score (nSPS) is 11.5. The van der Waals surface area contributed by atoms with Crippen molar-refractivity contribution >= 4 is 60.9 Å². The van der Waals surface area contributed by atoms with Gasteiger partial charge >= 0.3 is 0 Å². The second-order valence-electron chi connectivity index (χ2n) is 15.9. The lowest BCUT2D eigenvalue weighted by molar-refractivity contribution is 0.669. The van der Waals surface area contributed by atoms with E-state index in [-0.39, 0.29) is 0 Å². The highest BCUT2D eigenvalue weighted by Crippen LogP contribution is 2.42. The number of anilines is 3. The number of nitrogens with zero attached hydrogens (tertiary/aromatic N) is 2. The summed E-state index contributed by atoms with van der Waals surface area (Å²) >= 11 is 0. The molecule has 0 aliphatic carbocycles. The summed E-state index contributed by atoms with van der Waals surface area (Å²) in [5.41, 5.74) is 17.6. The molecule has 4 nitrogen and oxygen atoms in total. The number of rotatable bonds is 8. The Morgan fingerprint density at radius 2 is 0.730 bits per heavy atom. The molecule has 0 radical (unpaired) electrons. The van der Waals surface area contributed by atoms with Crippen LogP contribution < -0.4 is 4.90 Å². The Labute approximate surface area is 364 Å². The molecule has 296 valence electrons. The molecule has 12 aromatic rings. The van der Waals surface area contributed by atoms with Gasteiger partial charge < -0.3 is 13.7 Å². The summed E-state index contributed by atoms with van der Waals surface area (Å²) < 4.78 is 12.9. The SMILES string of the molecule is c1ccc(-c2cc(-c3ccc(N(c4ccc(-c5cccc6c5oc5ccccc56)cc4)c4ccc(-c5cccc6c5oc5ccccc56)cc4)cc3)cc(-c3ccccn3)c2)cc1. The summed E-state index contributed by atoms with van der Waals surface area (Å²) in [6.07, 6.45) is 1.85. The van der Waals surface area contributed by atoms with Crippen LogP contribution in [0.3, 0.4) is 0 Å². The Hall–Kier alpha value is -8.47. The minimum absolute atomic E-state index is 0.894. The molecule has 0 spiro atoms. The van der Waals surface area contributed by atoms with Crippen molar-refractivity contribution in [3.8, 4) is 55.8 Å². The fourth-order valence-electron chi connectivity index (χ4n) is 9.05. The van der Waals surface area contributed by atoms with E-state index < -0.39 is 0 Å². The Kier molecular flexibility index (Phi) is 8.79. The van der Waals surface area contributed by atoms with E-state index in [0.29, 0.717) is 0 Å². The van der Waals surface area contributed by atoms with Crippen molar-refractivity contribution < 1.29 is 8.83 Å². The number of fused-ring (bicyclic) bond motifs is 6. The average Bonchev–Trinajstić information content (AvgIpc) is 3.94. The van der Waals surface area contributed by atoms with Crippen LogP contribution in [0.2, 0.25) is 0 Å². The summed E-state index contributed by atoms with van der Waals surface area (Å²) in [5.74, 6) is 0. The van der Waals surface area contributed by atoms with Gasteiger partial charge in [0.25, 0.3) is 0 Å². The Morgan fingerprint density at radius 3 is 1.24 bits per heavy atom. The van der Waals surface area contributed by atoms with Gasteiger partial charge in [-0.1, -0.05) is 146 Å². The smallest absolute Gasteiger partial charge is 0.143 e. The predicted molar refractivity (Wildman–Crippen MR) is 261 cm³/mol. The third kappa shape index (κ3) is 6.53. The molecule has 0 saturated carbocycles. The van der Waals surface area contributed by atoms with E-state index >= 15 is 0 Å². The number of benzene rings is 9. The number of furan rings is 2. The summed E-state index contributed by atoms with van der Waals surface area (Å²) in [4.78, 5) is 7.03. The minimum Gasteiger partial charge on any atom is -0.455 e. The van der Waals surface area contributed by atoms with Crippen LogP contribution >= 0.6 is 0 Å². The zero-order chi connectivity index (χ0) is 41.7. The van der Waals surface area contributed by atoms with Gasteiger partial charge in [0, 0.05) is 61.5 Å². The molecule has 0 N–H and O–H groups in total. The van der Waals surface area contributed by atoms with Crippen molar-refractivity contribution in [2.45, 2.75) is 0 Å². The molecule has 0 atom stereocenters. The maximum absolute atomic E-state index is 6.44. The van der Waals surface area contributed by atoms with E-state index in [1.165, 1.54) is 5.56 Å². The van der Waals surface area contributed by atoms with Gasteiger partial charge in [-0.05, 0) is 112 Å². The number of para-hydroxylation sites is 4. The molecule has 0 aliphatic rings. The first-order valence-electron chi connectivity index (χ1n) is 21.3. The van der Waals surface area contributed by atoms with E-state index in [2.05, 4.69) is 193 Å². The van der Waals surface area contributed by atoms with E-state index in [4.69, 9.17) is 13.8 Å². The third-order valence-corrected chi connectivity index (χ3v) is 12.1. The molecule has 3 heterocycles. The molecule has 0 saturated heterocycles. The number of hydrogen-bond acceptors (Lipinski definition) is 4. The highest BCUT2D eigenvalue weighted by atomic mass is 16.3. The van der Waals surface area contributed by atoms with Gasteiger partial charge in [0.2, 0.25) is 0 Å². The third-order valence-electron chi connectivity index (χ3n) is 12.1. The maximum atomic E-state index is 6.44. The van der Waals surface area contributed by atoms with Crippen LogP contribution in [0.5, 0.6) is 0 Å². The summed E-state index contributed by atoms with van der Waals surface area (Å²) in [6.45, 7) is 0. The van der Waals surface area contributed by atoms with Crippen LogP contribution in [-0.2, 0) is 0 Å². The van der Waals surface area contributed by atoms with Crippen LogP contribution in [-0.4, -0.2) is 4.98 Å². The van der Waals surface area contributed by atoms with Crippen LogP contribution in [0.15, 0.2) is 239 Å². The first-order valence-corrected chi connectivity index (χ1v) is 21.3. The van der Waals surface area contributed by atoms with E-state index in [1.54, 1.807) is 0 Å². The van der Waals surface area contributed by atoms with Gasteiger partial charge in [0.1, 0.15) is 22.3 Å². The fourth-order valence-corrected chi connectivity index (χ4v) is 9.05. The van der Waals surface area contributed by atoms with Crippen molar-refractivity contribution in [3.63, 3.8) is 0 Å². The first kappa shape index (κ1) is 36.4. The van der Waals surface area contributed by atoms with Crippen LogP contribution in [0.25, 0.3) is 99.6 Å². The number of pyridine rings is 1. The highest BCUT2D eigenvalue weighted by Gasteiger charge is 2.18. The Bertz CT molecular complexity index is 3370. The Morgan fingerprint density at radius 1 is 0.302 bits per heavy atom. The molecule has 0 amide bonds.